The molecule has 0 aliphatic heterocycles. The van der Waals surface area contributed by atoms with Crippen LogP contribution in [-0.4, -0.2) is 14.3 Å². The molecular weight excluding hydrogens is 162 g/mol. The third-order valence-electron chi connectivity index (χ3n) is 1.19. The highest BCUT2D eigenvalue weighted by molar-refractivity contribution is 7.72. The molecule has 0 amide bonds. The minimum atomic E-state index is -2.34. The summed E-state index contributed by atoms with van der Waals surface area (Å²) in [6.45, 7) is 0. The number of hydrogen-bond donors (Lipinski definition) is 2. The van der Waals surface area contributed by atoms with Crippen LogP contribution < -0.4 is 5.32 Å². The Hall–Kier alpha value is -1.03. The smallest absolute Gasteiger partial charge is 0.158 e. The zero-order valence-electron chi connectivity index (χ0n) is 5.86. The third kappa shape index (κ3) is 3.04. The summed E-state index contributed by atoms with van der Waals surface area (Å²) in [6.07, 6.45) is 0. The average Bonchev–Trinajstić information content (AvgIpc) is 2.03. The normalized spacial score (nSPS) is 9.91. The Balaban J connectivity index is 2.52. The molecule has 0 saturated heterocycles. The van der Waals surface area contributed by atoms with Crippen LogP contribution >= 0.6 is 0 Å². The molecule has 0 atom stereocenters. The first-order valence-corrected chi connectivity index (χ1v) is 4.56. The van der Waals surface area contributed by atoms with Crippen molar-refractivity contribution in [2.24, 2.45) is 0 Å². The molecule has 1 aromatic rings. The summed E-state index contributed by atoms with van der Waals surface area (Å²) in [5.74, 6) is -0.000648. The Morgan fingerprint density at radius 1 is 1.18 bits per heavy atom. The van der Waals surface area contributed by atoms with E-state index in [9.17, 15) is 8.42 Å². The summed E-state index contributed by atoms with van der Waals surface area (Å²) in [5.41, 5.74) is 0.826. The van der Waals surface area contributed by atoms with Gasteiger partial charge in [0.25, 0.3) is 0 Å². The summed E-state index contributed by atoms with van der Waals surface area (Å²) >= 11 is 0. The van der Waals surface area contributed by atoms with Gasteiger partial charge in [-0.25, -0.2) is 8.42 Å². The Kier molecular flexibility index (Phi) is 2.92. The molecule has 1 rings (SSSR count). The van der Waals surface area contributed by atoms with Crippen molar-refractivity contribution in [1.29, 1.82) is 0 Å². The van der Waals surface area contributed by atoms with E-state index in [4.69, 9.17) is 0 Å². The van der Waals surface area contributed by atoms with Gasteiger partial charge in [0.15, 0.2) is 10.7 Å². The van der Waals surface area contributed by atoms with Crippen LogP contribution in [0.3, 0.4) is 0 Å². The molecule has 11 heavy (non-hydrogen) atoms. The fourth-order valence-electron chi connectivity index (χ4n) is 0.712. The summed E-state index contributed by atoms with van der Waals surface area (Å²) in [7, 11) is -2.34. The first kappa shape index (κ1) is 8.07. The number of benzene rings is 1. The van der Waals surface area contributed by atoms with E-state index in [1.54, 1.807) is 0 Å². The van der Waals surface area contributed by atoms with Crippen molar-refractivity contribution in [3.8, 4) is 0 Å². The van der Waals surface area contributed by atoms with Crippen molar-refractivity contribution in [1.82, 2.24) is 0 Å². The van der Waals surface area contributed by atoms with Gasteiger partial charge in [0.2, 0.25) is 0 Å². The maximum absolute atomic E-state index is 10.1. The Morgan fingerprint density at radius 3 is 2.36 bits per heavy atom. The van der Waals surface area contributed by atoms with Gasteiger partial charge < -0.3 is 5.32 Å². The zero-order chi connectivity index (χ0) is 8.10. The molecule has 3 nitrogen and oxygen atoms in total. The van der Waals surface area contributed by atoms with E-state index in [1.807, 2.05) is 30.3 Å². The monoisotopic (exact) mass is 171 g/mol. The first-order chi connectivity index (χ1) is 5.29. The standard InChI is InChI=1S/C7H9NO2S/c9-11(10)6-8-7-4-2-1-3-5-7/h1-5,8,11H,6H2. The summed E-state index contributed by atoms with van der Waals surface area (Å²) < 4.78 is 20.3. The molecule has 0 radical (unpaired) electrons. The van der Waals surface area contributed by atoms with E-state index in [1.165, 1.54) is 0 Å². The fraction of sp³-hybridized carbons (Fsp3) is 0.143. The number of para-hydroxylation sites is 1. The number of nitrogens with one attached hydrogen (secondary N) is 1. The van der Waals surface area contributed by atoms with Gasteiger partial charge in [-0.1, -0.05) is 18.2 Å². The molecule has 0 aromatic heterocycles. The van der Waals surface area contributed by atoms with Gasteiger partial charge in [-0.05, 0) is 12.1 Å². The molecule has 1 N–H and O–H groups in total. The van der Waals surface area contributed by atoms with E-state index in [2.05, 4.69) is 5.32 Å². The highest BCUT2D eigenvalue weighted by atomic mass is 32.2. The van der Waals surface area contributed by atoms with Gasteiger partial charge in [-0.2, -0.15) is 0 Å². The molecule has 0 aliphatic rings. The molecule has 0 spiro atoms. The van der Waals surface area contributed by atoms with E-state index >= 15 is 0 Å². The van der Waals surface area contributed by atoms with E-state index in [0.29, 0.717) is 0 Å². The van der Waals surface area contributed by atoms with Gasteiger partial charge in [0.05, 0.1) is 0 Å². The molecule has 60 valence electrons. The van der Waals surface area contributed by atoms with Gasteiger partial charge in [-0.15, -0.1) is 0 Å². The van der Waals surface area contributed by atoms with Crippen LogP contribution in [0.2, 0.25) is 0 Å². The lowest BCUT2D eigenvalue weighted by molar-refractivity contribution is 0.616. The minimum Gasteiger partial charge on any atom is -0.372 e. The molecule has 0 bridgehead atoms. The molecule has 0 saturated carbocycles. The van der Waals surface area contributed by atoms with Crippen LogP contribution in [0, 0.1) is 0 Å². The molecule has 1 aromatic carbocycles. The number of rotatable bonds is 3. The van der Waals surface area contributed by atoms with Gasteiger partial charge in [0.1, 0.15) is 5.88 Å². The maximum atomic E-state index is 10.1. The van der Waals surface area contributed by atoms with E-state index in [-0.39, 0.29) is 5.88 Å². The van der Waals surface area contributed by atoms with Gasteiger partial charge >= 0.3 is 0 Å². The number of thiol groups is 1. The van der Waals surface area contributed by atoms with E-state index < -0.39 is 10.7 Å². The summed E-state index contributed by atoms with van der Waals surface area (Å²) in [4.78, 5) is 0. The Labute approximate surface area is 67.0 Å². The minimum absolute atomic E-state index is 0.000648. The first-order valence-electron chi connectivity index (χ1n) is 3.20. The predicted molar refractivity (Wildman–Crippen MR) is 45.2 cm³/mol. The molecular formula is C7H9NO2S. The average molecular weight is 171 g/mol. The highest BCUT2D eigenvalue weighted by Crippen LogP contribution is 2.03. The van der Waals surface area contributed by atoms with Crippen molar-refractivity contribution in [3.63, 3.8) is 0 Å². The summed E-state index contributed by atoms with van der Waals surface area (Å²) in [6, 6.07) is 9.21. The molecule has 0 fully saturated rings. The van der Waals surface area contributed by atoms with Gasteiger partial charge in [0, 0.05) is 5.69 Å². The van der Waals surface area contributed by atoms with Crippen LogP contribution in [0.15, 0.2) is 30.3 Å². The second kappa shape index (κ2) is 3.98. The largest absolute Gasteiger partial charge is 0.372 e. The van der Waals surface area contributed by atoms with Crippen molar-refractivity contribution in [3.05, 3.63) is 30.3 Å². The summed E-state index contributed by atoms with van der Waals surface area (Å²) in [5, 5.41) is 2.75. The lowest BCUT2D eigenvalue weighted by Crippen LogP contribution is -2.01. The second-order valence-electron chi connectivity index (χ2n) is 2.03. The number of anilines is 1. The van der Waals surface area contributed by atoms with Crippen molar-refractivity contribution in [2.75, 3.05) is 11.2 Å². The topological polar surface area (TPSA) is 46.2 Å². The van der Waals surface area contributed by atoms with Crippen LogP contribution in [0.1, 0.15) is 0 Å². The quantitative estimate of drug-likeness (QED) is 0.657. The predicted octanol–water partition coefficient (Wildman–Crippen LogP) is 0.667. The Morgan fingerprint density at radius 2 is 1.82 bits per heavy atom. The SMILES string of the molecule is O=[SH](=O)CNc1ccccc1. The Bertz CT molecular complexity index is 274. The fourth-order valence-corrected chi connectivity index (χ4v) is 1.02. The number of hydrogen-bond acceptors (Lipinski definition) is 3. The van der Waals surface area contributed by atoms with Crippen LogP contribution in [0.4, 0.5) is 5.69 Å². The second-order valence-corrected chi connectivity index (χ2v) is 3.02. The van der Waals surface area contributed by atoms with Crippen LogP contribution in [0.25, 0.3) is 0 Å². The van der Waals surface area contributed by atoms with Gasteiger partial charge in [-0.3, -0.25) is 0 Å². The molecule has 4 heteroatoms. The van der Waals surface area contributed by atoms with Crippen molar-refractivity contribution in [2.45, 2.75) is 0 Å². The van der Waals surface area contributed by atoms with Crippen molar-refractivity contribution < 1.29 is 8.42 Å². The molecule has 0 heterocycles. The maximum Gasteiger partial charge on any atom is 0.158 e. The van der Waals surface area contributed by atoms with Crippen LogP contribution in [-0.2, 0) is 10.7 Å². The van der Waals surface area contributed by atoms with E-state index in [0.717, 1.165) is 5.69 Å². The highest BCUT2D eigenvalue weighted by Gasteiger charge is 1.87. The lowest BCUT2D eigenvalue weighted by atomic mass is 10.3. The lowest BCUT2D eigenvalue weighted by Gasteiger charge is -1.98. The van der Waals surface area contributed by atoms with Crippen molar-refractivity contribution >= 4 is 16.4 Å². The zero-order valence-corrected chi connectivity index (χ0v) is 6.75. The molecule has 0 unspecified atom stereocenters. The van der Waals surface area contributed by atoms with Crippen LogP contribution in [0.5, 0.6) is 0 Å². The third-order valence-corrected chi connectivity index (χ3v) is 1.60. The molecule has 0 aliphatic carbocycles.